The van der Waals surface area contributed by atoms with Crippen LogP contribution in [0.2, 0.25) is 0 Å². The number of para-hydroxylation sites is 2. The number of carboxylic acid groups (broad SMARTS) is 1. The number of hydrogen-bond donors (Lipinski definition) is 1. The highest BCUT2D eigenvalue weighted by Gasteiger charge is 2.27. The lowest BCUT2D eigenvalue weighted by Gasteiger charge is -2.32. The van der Waals surface area contributed by atoms with E-state index in [1.807, 2.05) is 36.4 Å². The first-order valence-electron chi connectivity index (χ1n) is 10.9. The number of likely N-dealkylation sites (tertiary alicyclic amines) is 1. The van der Waals surface area contributed by atoms with E-state index in [9.17, 15) is 9.59 Å². The molecule has 0 aliphatic carbocycles. The van der Waals surface area contributed by atoms with Crippen molar-refractivity contribution in [2.24, 2.45) is 5.92 Å². The van der Waals surface area contributed by atoms with Gasteiger partial charge in [-0.3, -0.25) is 14.5 Å². The van der Waals surface area contributed by atoms with Crippen LogP contribution in [0.5, 0.6) is 17.6 Å². The van der Waals surface area contributed by atoms with E-state index in [0.29, 0.717) is 17.9 Å². The lowest BCUT2D eigenvalue weighted by molar-refractivity contribution is -0.145. The standard InChI is InChI=1S/C24H27N3O6/c1-26(16-22(28)29)23(30)17-10-12-27(13-11-17)14-15-31-18-6-8-19(9-7-18)32-24-25-20-4-2-3-5-21(20)33-24/h2-9,17H,10-16H2,1H3,(H,28,29). The Morgan fingerprint density at radius 2 is 1.82 bits per heavy atom. The van der Waals surface area contributed by atoms with Crippen LogP contribution in [0.1, 0.15) is 12.8 Å². The number of amides is 1. The van der Waals surface area contributed by atoms with Gasteiger partial charge in [0.2, 0.25) is 5.91 Å². The van der Waals surface area contributed by atoms with Crippen molar-refractivity contribution in [3.63, 3.8) is 0 Å². The third-order valence-corrected chi connectivity index (χ3v) is 5.66. The molecular formula is C24H27N3O6. The first-order valence-corrected chi connectivity index (χ1v) is 10.9. The number of carbonyl (C=O) groups excluding carboxylic acids is 1. The Morgan fingerprint density at radius 3 is 2.52 bits per heavy atom. The Labute approximate surface area is 191 Å². The van der Waals surface area contributed by atoms with Crippen LogP contribution in [0, 0.1) is 5.92 Å². The van der Waals surface area contributed by atoms with Gasteiger partial charge in [-0.2, -0.15) is 4.98 Å². The zero-order chi connectivity index (χ0) is 23.2. The van der Waals surface area contributed by atoms with Gasteiger partial charge in [0.1, 0.15) is 30.2 Å². The fourth-order valence-corrected chi connectivity index (χ4v) is 3.89. The van der Waals surface area contributed by atoms with E-state index >= 15 is 0 Å². The van der Waals surface area contributed by atoms with Crippen molar-refractivity contribution in [2.75, 3.05) is 39.8 Å². The predicted octanol–water partition coefficient (Wildman–Crippen LogP) is 3.25. The van der Waals surface area contributed by atoms with Gasteiger partial charge in [0.25, 0.3) is 0 Å². The monoisotopic (exact) mass is 453 g/mol. The Bertz CT molecular complexity index is 1060. The molecule has 0 bridgehead atoms. The zero-order valence-electron chi connectivity index (χ0n) is 18.5. The smallest absolute Gasteiger partial charge is 0.400 e. The zero-order valence-corrected chi connectivity index (χ0v) is 18.5. The predicted molar refractivity (Wildman–Crippen MR) is 120 cm³/mol. The minimum absolute atomic E-state index is 0.0894. The Morgan fingerprint density at radius 1 is 1.12 bits per heavy atom. The van der Waals surface area contributed by atoms with E-state index in [-0.39, 0.29) is 24.4 Å². The molecule has 1 saturated heterocycles. The molecule has 174 valence electrons. The van der Waals surface area contributed by atoms with Gasteiger partial charge in [-0.1, -0.05) is 12.1 Å². The number of hydrogen-bond acceptors (Lipinski definition) is 7. The summed E-state index contributed by atoms with van der Waals surface area (Å²) in [6, 6.07) is 14.7. The number of aliphatic carboxylic acids is 1. The van der Waals surface area contributed by atoms with Crippen molar-refractivity contribution in [1.29, 1.82) is 0 Å². The summed E-state index contributed by atoms with van der Waals surface area (Å²) in [5.74, 6) is 0.147. The number of carbonyl (C=O) groups is 2. The van der Waals surface area contributed by atoms with Crippen LogP contribution in [-0.2, 0) is 9.59 Å². The second kappa shape index (κ2) is 10.4. The third kappa shape index (κ3) is 6.01. The molecule has 0 unspecified atom stereocenters. The average Bonchev–Trinajstić information content (AvgIpc) is 3.22. The maximum Gasteiger partial charge on any atom is 0.400 e. The summed E-state index contributed by atoms with van der Waals surface area (Å²) in [6.07, 6.45) is 1.65. The summed E-state index contributed by atoms with van der Waals surface area (Å²) in [5.41, 5.74) is 1.42. The molecule has 3 aromatic rings. The number of likely N-dealkylation sites (N-methyl/N-ethyl adjacent to an activating group) is 1. The molecule has 33 heavy (non-hydrogen) atoms. The van der Waals surface area contributed by atoms with Crippen molar-refractivity contribution < 1.29 is 28.6 Å². The minimum atomic E-state index is -0.994. The highest BCUT2D eigenvalue weighted by atomic mass is 16.6. The molecular weight excluding hydrogens is 426 g/mol. The maximum atomic E-state index is 12.3. The van der Waals surface area contributed by atoms with Crippen molar-refractivity contribution in [1.82, 2.24) is 14.8 Å². The molecule has 1 aliphatic heterocycles. The topological polar surface area (TPSA) is 105 Å². The molecule has 0 radical (unpaired) electrons. The number of rotatable bonds is 9. The summed E-state index contributed by atoms with van der Waals surface area (Å²) in [7, 11) is 1.54. The van der Waals surface area contributed by atoms with E-state index in [0.717, 1.165) is 43.7 Å². The Hall–Kier alpha value is -3.59. The average molecular weight is 453 g/mol. The third-order valence-electron chi connectivity index (χ3n) is 5.66. The van der Waals surface area contributed by atoms with Crippen molar-refractivity contribution in [3.8, 4) is 17.6 Å². The van der Waals surface area contributed by atoms with Gasteiger partial charge in [-0.25, -0.2) is 0 Å². The number of carboxylic acids is 1. The van der Waals surface area contributed by atoms with Gasteiger partial charge < -0.3 is 23.9 Å². The first kappa shape index (κ1) is 22.6. The summed E-state index contributed by atoms with van der Waals surface area (Å²) in [5, 5.41) is 8.84. The summed E-state index contributed by atoms with van der Waals surface area (Å²) in [4.78, 5) is 31.0. The molecule has 0 spiro atoms. The Balaban J connectivity index is 1.18. The summed E-state index contributed by atoms with van der Waals surface area (Å²) in [6.45, 7) is 2.61. The minimum Gasteiger partial charge on any atom is -0.492 e. The van der Waals surface area contributed by atoms with Gasteiger partial charge >= 0.3 is 12.0 Å². The number of oxazole rings is 1. The van der Waals surface area contributed by atoms with Gasteiger partial charge in [0.15, 0.2) is 5.58 Å². The van der Waals surface area contributed by atoms with Crippen LogP contribution in [0.4, 0.5) is 0 Å². The molecule has 2 heterocycles. The van der Waals surface area contributed by atoms with Crippen LogP contribution in [0.3, 0.4) is 0 Å². The molecule has 0 saturated carbocycles. The van der Waals surface area contributed by atoms with E-state index in [1.54, 1.807) is 19.2 Å². The molecule has 1 aromatic heterocycles. The normalized spacial score (nSPS) is 14.8. The highest BCUT2D eigenvalue weighted by molar-refractivity contribution is 5.82. The van der Waals surface area contributed by atoms with Crippen LogP contribution >= 0.6 is 0 Å². The molecule has 9 nitrogen and oxygen atoms in total. The highest BCUT2D eigenvalue weighted by Crippen LogP contribution is 2.26. The molecule has 9 heteroatoms. The molecule has 2 aromatic carbocycles. The number of aromatic nitrogens is 1. The van der Waals surface area contributed by atoms with Crippen molar-refractivity contribution in [3.05, 3.63) is 48.5 Å². The Kier molecular flexibility index (Phi) is 7.09. The largest absolute Gasteiger partial charge is 0.492 e. The fraction of sp³-hybridized carbons (Fsp3) is 0.375. The number of benzene rings is 2. The van der Waals surface area contributed by atoms with E-state index in [2.05, 4.69) is 9.88 Å². The number of ether oxygens (including phenoxy) is 2. The first-order chi connectivity index (χ1) is 16.0. The van der Waals surface area contributed by atoms with Gasteiger partial charge in [0, 0.05) is 19.5 Å². The van der Waals surface area contributed by atoms with Gasteiger partial charge in [0.05, 0.1) is 0 Å². The summed E-state index contributed by atoms with van der Waals surface area (Å²) < 4.78 is 17.1. The van der Waals surface area contributed by atoms with E-state index in [1.165, 1.54) is 4.90 Å². The molecule has 4 rings (SSSR count). The summed E-state index contributed by atoms with van der Waals surface area (Å²) >= 11 is 0. The molecule has 0 atom stereocenters. The van der Waals surface area contributed by atoms with Gasteiger partial charge in [-0.15, -0.1) is 0 Å². The lowest BCUT2D eigenvalue weighted by atomic mass is 9.95. The SMILES string of the molecule is CN(CC(=O)O)C(=O)C1CCN(CCOc2ccc(Oc3nc4ccccc4o3)cc2)CC1. The van der Waals surface area contributed by atoms with Gasteiger partial charge in [-0.05, 0) is 62.3 Å². The van der Waals surface area contributed by atoms with E-state index < -0.39 is 5.97 Å². The van der Waals surface area contributed by atoms with Crippen LogP contribution in [0.25, 0.3) is 11.1 Å². The number of piperidine rings is 1. The molecule has 1 amide bonds. The second-order valence-corrected chi connectivity index (χ2v) is 8.07. The van der Waals surface area contributed by atoms with Crippen LogP contribution in [0.15, 0.2) is 52.9 Å². The van der Waals surface area contributed by atoms with Crippen molar-refractivity contribution in [2.45, 2.75) is 12.8 Å². The number of fused-ring (bicyclic) bond motifs is 1. The quantitative estimate of drug-likeness (QED) is 0.526. The van der Waals surface area contributed by atoms with Crippen LogP contribution < -0.4 is 9.47 Å². The number of nitrogens with zero attached hydrogens (tertiary/aromatic N) is 3. The second-order valence-electron chi connectivity index (χ2n) is 8.07. The molecule has 1 N–H and O–H groups in total. The fourth-order valence-electron chi connectivity index (χ4n) is 3.89. The molecule has 1 aliphatic rings. The maximum absolute atomic E-state index is 12.3. The van der Waals surface area contributed by atoms with Crippen molar-refractivity contribution >= 4 is 23.0 Å². The van der Waals surface area contributed by atoms with Crippen LogP contribution in [-0.4, -0.2) is 71.6 Å². The lowest BCUT2D eigenvalue weighted by Crippen LogP contribution is -2.43. The molecule has 1 fully saturated rings. The van der Waals surface area contributed by atoms with E-state index in [4.69, 9.17) is 19.0 Å².